The molecule has 1 heterocycles. The first-order valence-electron chi connectivity index (χ1n) is 8.21. The van der Waals surface area contributed by atoms with Gasteiger partial charge in [0.1, 0.15) is 12.4 Å². The van der Waals surface area contributed by atoms with Gasteiger partial charge in [0.05, 0.1) is 5.56 Å². The normalized spacial score (nSPS) is 11.3. The number of hydrogen-bond acceptors (Lipinski definition) is 4. The first kappa shape index (κ1) is 20.3. The molecule has 0 radical (unpaired) electrons. The Balaban J connectivity index is 1.60. The van der Waals surface area contributed by atoms with Gasteiger partial charge in [-0.2, -0.15) is 13.2 Å². The van der Waals surface area contributed by atoms with Crippen LogP contribution in [-0.4, -0.2) is 11.1 Å². The summed E-state index contributed by atoms with van der Waals surface area (Å²) in [7, 11) is 0. The molecule has 1 amide bonds. The first-order chi connectivity index (χ1) is 13.7. The second kappa shape index (κ2) is 8.29. The largest absolute Gasteiger partial charge is 0.482 e. The molecule has 3 aromatic rings. The maximum atomic E-state index is 13.5. The summed E-state index contributed by atoms with van der Waals surface area (Å²) in [6, 6.07) is 8.80. The highest BCUT2D eigenvalue weighted by molar-refractivity contribution is 5.92. The quantitative estimate of drug-likeness (QED) is 0.607. The van der Waals surface area contributed by atoms with E-state index in [1.54, 1.807) is 0 Å². The smallest absolute Gasteiger partial charge is 0.416 e. The summed E-state index contributed by atoms with van der Waals surface area (Å²) in [6.45, 7) is -0.659. The highest BCUT2D eigenvalue weighted by atomic mass is 19.4. The molecule has 1 N–H and O–H groups in total. The number of halogens is 5. The van der Waals surface area contributed by atoms with Gasteiger partial charge >= 0.3 is 6.18 Å². The van der Waals surface area contributed by atoms with Crippen molar-refractivity contribution in [3.63, 3.8) is 0 Å². The van der Waals surface area contributed by atoms with Gasteiger partial charge in [0.15, 0.2) is 23.0 Å². The highest BCUT2D eigenvalue weighted by Gasteiger charge is 2.32. The topological polar surface area (TPSA) is 64.4 Å². The van der Waals surface area contributed by atoms with Gasteiger partial charge in [0.25, 0.3) is 5.91 Å². The minimum atomic E-state index is -4.55. The third kappa shape index (κ3) is 5.09. The van der Waals surface area contributed by atoms with E-state index in [1.165, 1.54) is 24.3 Å². The fraction of sp³-hybridized carbons (Fsp3) is 0.158. The summed E-state index contributed by atoms with van der Waals surface area (Å²) in [6.07, 6.45) is -4.55. The third-order valence-electron chi connectivity index (χ3n) is 3.82. The lowest BCUT2D eigenvalue weighted by molar-refractivity contribution is -0.138. The zero-order valence-electron chi connectivity index (χ0n) is 14.6. The molecule has 10 heteroatoms. The Labute approximate surface area is 161 Å². The van der Waals surface area contributed by atoms with Crippen molar-refractivity contribution in [3.05, 3.63) is 82.7 Å². The molecule has 0 atom stereocenters. The van der Waals surface area contributed by atoms with E-state index in [0.29, 0.717) is 6.07 Å². The van der Waals surface area contributed by atoms with E-state index in [4.69, 9.17) is 9.26 Å². The van der Waals surface area contributed by atoms with Crippen LogP contribution in [0.2, 0.25) is 0 Å². The average molecular weight is 412 g/mol. The summed E-state index contributed by atoms with van der Waals surface area (Å²) >= 11 is 0. The molecule has 0 fully saturated rings. The minimum absolute atomic E-state index is 0.0644. The van der Waals surface area contributed by atoms with Crippen LogP contribution in [0.15, 0.2) is 53.1 Å². The van der Waals surface area contributed by atoms with Crippen molar-refractivity contribution in [3.8, 4) is 5.75 Å². The Bertz CT molecular complexity index is 1020. The highest BCUT2D eigenvalue weighted by Crippen LogP contribution is 2.31. The number of rotatable bonds is 6. The van der Waals surface area contributed by atoms with E-state index in [9.17, 15) is 26.7 Å². The van der Waals surface area contributed by atoms with Gasteiger partial charge in [-0.25, -0.2) is 8.78 Å². The molecule has 3 rings (SSSR count). The molecule has 0 saturated heterocycles. The van der Waals surface area contributed by atoms with Gasteiger partial charge in [0.2, 0.25) is 0 Å². The van der Waals surface area contributed by atoms with Crippen molar-refractivity contribution in [2.75, 3.05) is 0 Å². The molecule has 1 aromatic heterocycles. The van der Waals surface area contributed by atoms with Crippen LogP contribution in [-0.2, 0) is 19.3 Å². The van der Waals surface area contributed by atoms with Crippen molar-refractivity contribution < 1.29 is 36.0 Å². The van der Waals surface area contributed by atoms with Crippen LogP contribution in [0.3, 0.4) is 0 Å². The molecule has 0 aliphatic rings. The maximum Gasteiger partial charge on any atom is 0.416 e. The van der Waals surface area contributed by atoms with Gasteiger partial charge < -0.3 is 14.6 Å². The van der Waals surface area contributed by atoms with Crippen molar-refractivity contribution in [2.45, 2.75) is 19.3 Å². The lowest BCUT2D eigenvalue weighted by Crippen LogP contribution is -2.24. The molecule has 5 nitrogen and oxygen atoms in total. The Morgan fingerprint density at radius 3 is 2.59 bits per heavy atom. The monoisotopic (exact) mass is 412 g/mol. The number of aromatic nitrogens is 1. The average Bonchev–Trinajstić information content (AvgIpc) is 3.14. The minimum Gasteiger partial charge on any atom is -0.482 e. The van der Waals surface area contributed by atoms with Gasteiger partial charge in [0, 0.05) is 18.7 Å². The predicted molar refractivity (Wildman–Crippen MR) is 89.8 cm³/mol. The molecule has 0 spiro atoms. The fourth-order valence-electron chi connectivity index (χ4n) is 2.45. The summed E-state index contributed by atoms with van der Waals surface area (Å²) in [5.41, 5.74) is -1.14. The van der Waals surface area contributed by atoms with Gasteiger partial charge in [-0.05, 0) is 23.8 Å². The second-order valence-electron chi connectivity index (χ2n) is 5.88. The van der Waals surface area contributed by atoms with E-state index < -0.39 is 29.3 Å². The van der Waals surface area contributed by atoms with Crippen LogP contribution in [0.4, 0.5) is 22.0 Å². The Morgan fingerprint density at radius 1 is 1.10 bits per heavy atom. The van der Waals surface area contributed by atoms with Crippen LogP contribution in [0.5, 0.6) is 5.75 Å². The molecular weight excluding hydrogens is 399 g/mol. The number of nitrogens with one attached hydrogen (secondary N) is 1. The van der Waals surface area contributed by atoms with E-state index in [0.717, 1.165) is 18.2 Å². The molecule has 152 valence electrons. The van der Waals surface area contributed by atoms with Crippen molar-refractivity contribution in [1.29, 1.82) is 0 Å². The standard InChI is InChI=1S/C19H13F5N2O3/c20-12-5-6-17(15(21)7-12)28-10-13-8-16(26-29-13)18(27)25-9-11-3-1-2-4-14(11)19(22,23)24/h1-8H,9-10H2,(H,25,27). The number of benzene rings is 2. The number of ether oxygens (including phenoxy) is 1. The van der Waals surface area contributed by atoms with E-state index >= 15 is 0 Å². The molecule has 0 aliphatic heterocycles. The Morgan fingerprint density at radius 2 is 1.86 bits per heavy atom. The summed E-state index contributed by atoms with van der Waals surface area (Å²) in [4.78, 5) is 12.1. The zero-order valence-corrected chi connectivity index (χ0v) is 14.6. The van der Waals surface area contributed by atoms with Crippen molar-refractivity contribution >= 4 is 5.91 Å². The molecule has 2 aromatic carbocycles. The van der Waals surface area contributed by atoms with E-state index in [2.05, 4.69) is 10.5 Å². The van der Waals surface area contributed by atoms with Crippen molar-refractivity contribution in [1.82, 2.24) is 10.5 Å². The maximum absolute atomic E-state index is 13.5. The van der Waals surface area contributed by atoms with Gasteiger partial charge in [-0.3, -0.25) is 4.79 Å². The summed E-state index contributed by atoms with van der Waals surface area (Å²) in [5.74, 6) is -2.59. The number of carbonyl (C=O) groups excluding carboxylic acids is 1. The molecular formula is C19H13F5N2O3. The van der Waals surface area contributed by atoms with Gasteiger partial charge in [-0.15, -0.1) is 0 Å². The zero-order chi connectivity index (χ0) is 21.0. The Hall–Kier alpha value is -3.43. The number of nitrogens with zero attached hydrogens (tertiary/aromatic N) is 1. The molecule has 0 saturated carbocycles. The predicted octanol–water partition coefficient (Wildman–Crippen LogP) is 4.48. The number of amides is 1. The number of alkyl halides is 3. The van der Waals surface area contributed by atoms with Crippen LogP contribution < -0.4 is 10.1 Å². The van der Waals surface area contributed by atoms with Crippen LogP contribution in [0.1, 0.15) is 27.4 Å². The number of hydrogen-bond donors (Lipinski definition) is 1. The SMILES string of the molecule is O=C(NCc1ccccc1C(F)(F)F)c1cc(COc2ccc(F)cc2F)on1. The summed E-state index contributed by atoms with van der Waals surface area (Å²) in [5, 5.41) is 5.83. The van der Waals surface area contributed by atoms with Crippen LogP contribution in [0, 0.1) is 11.6 Å². The Kier molecular flexibility index (Phi) is 5.81. The van der Waals surface area contributed by atoms with Crippen LogP contribution in [0.25, 0.3) is 0 Å². The molecule has 29 heavy (non-hydrogen) atoms. The third-order valence-corrected chi connectivity index (χ3v) is 3.82. The summed E-state index contributed by atoms with van der Waals surface area (Å²) < 4.78 is 75.3. The fourth-order valence-corrected chi connectivity index (χ4v) is 2.45. The van der Waals surface area contributed by atoms with Crippen molar-refractivity contribution in [2.24, 2.45) is 0 Å². The van der Waals surface area contributed by atoms with E-state index in [-0.39, 0.29) is 35.9 Å². The first-order valence-corrected chi connectivity index (χ1v) is 8.21. The lowest BCUT2D eigenvalue weighted by atomic mass is 10.1. The molecule has 0 bridgehead atoms. The molecule has 0 unspecified atom stereocenters. The van der Waals surface area contributed by atoms with Crippen LogP contribution >= 0.6 is 0 Å². The van der Waals surface area contributed by atoms with Gasteiger partial charge in [-0.1, -0.05) is 23.4 Å². The molecule has 0 aliphatic carbocycles. The van der Waals surface area contributed by atoms with E-state index in [1.807, 2.05) is 0 Å². The lowest BCUT2D eigenvalue weighted by Gasteiger charge is -2.12. The number of carbonyl (C=O) groups is 1. The second-order valence-corrected chi connectivity index (χ2v) is 5.88.